The maximum Gasteiger partial charge on any atom is 0.193 e. The first-order valence-corrected chi connectivity index (χ1v) is 8.32. The highest BCUT2D eigenvalue weighted by Gasteiger charge is 2.21. The molecular weight excluding hydrogens is 393 g/mol. The van der Waals surface area contributed by atoms with E-state index < -0.39 is 0 Å². The molecule has 0 bridgehead atoms. The van der Waals surface area contributed by atoms with Crippen LogP contribution in [0.3, 0.4) is 0 Å². The van der Waals surface area contributed by atoms with Crippen molar-refractivity contribution in [1.82, 2.24) is 10.2 Å². The van der Waals surface area contributed by atoms with E-state index in [0.717, 1.165) is 57.8 Å². The van der Waals surface area contributed by atoms with Gasteiger partial charge in [-0.15, -0.1) is 24.0 Å². The van der Waals surface area contributed by atoms with Gasteiger partial charge in [-0.1, -0.05) is 0 Å². The van der Waals surface area contributed by atoms with Gasteiger partial charge >= 0.3 is 0 Å². The third kappa shape index (κ3) is 11.5. The van der Waals surface area contributed by atoms with E-state index in [1.54, 1.807) is 0 Å². The van der Waals surface area contributed by atoms with Gasteiger partial charge in [0.05, 0.1) is 12.7 Å². The Kier molecular flexibility index (Phi) is 13.3. The normalized spacial score (nSPS) is 14.9. The molecule has 1 aliphatic rings. The summed E-state index contributed by atoms with van der Waals surface area (Å²) in [5.74, 6) is 1.79. The van der Waals surface area contributed by atoms with Gasteiger partial charge < -0.3 is 19.7 Å². The number of nitrogens with zero attached hydrogens (tertiary/aromatic N) is 2. The first kappa shape index (κ1) is 21.9. The molecule has 0 aromatic carbocycles. The minimum atomic E-state index is 0. The molecule has 0 amide bonds. The Morgan fingerprint density at radius 1 is 1.32 bits per heavy atom. The van der Waals surface area contributed by atoms with Crippen molar-refractivity contribution < 1.29 is 9.47 Å². The Labute approximate surface area is 153 Å². The fourth-order valence-corrected chi connectivity index (χ4v) is 1.88. The number of nitrogens with one attached hydrogen (secondary N) is 1. The molecule has 1 saturated carbocycles. The molecule has 132 valence electrons. The van der Waals surface area contributed by atoms with E-state index >= 15 is 0 Å². The molecule has 6 heteroatoms. The van der Waals surface area contributed by atoms with Crippen LogP contribution in [-0.2, 0) is 9.47 Å². The molecule has 22 heavy (non-hydrogen) atoms. The lowest BCUT2D eigenvalue weighted by Gasteiger charge is -2.22. The van der Waals surface area contributed by atoms with Crippen LogP contribution >= 0.6 is 24.0 Å². The van der Waals surface area contributed by atoms with Crippen LogP contribution in [0.4, 0.5) is 0 Å². The zero-order valence-electron chi connectivity index (χ0n) is 14.6. The predicted octanol–water partition coefficient (Wildman–Crippen LogP) is 2.74. The van der Waals surface area contributed by atoms with Crippen LogP contribution < -0.4 is 5.32 Å². The van der Waals surface area contributed by atoms with Crippen LogP contribution in [-0.4, -0.2) is 63.5 Å². The number of likely N-dealkylation sites (N-methyl/N-ethyl adjacent to an activating group) is 1. The van der Waals surface area contributed by atoms with E-state index in [2.05, 4.69) is 43.0 Å². The van der Waals surface area contributed by atoms with Gasteiger partial charge in [0.15, 0.2) is 5.96 Å². The summed E-state index contributed by atoms with van der Waals surface area (Å²) >= 11 is 0. The van der Waals surface area contributed by atoms with Gasteiger partial charge in [0.2, 0.25) is 0 Å². The Bertz CT molecular complexity index is 297. The van der Waals surface area contributed by atoms with Gasteiger partial charge in [-0.2, -0.15) is 0 Å². The second kappa shape index (κ2) is 13.4. The second-order valence-corrected chi connectivity index (χ2v) is 5.95. The standard InChI is InChI=1S/C16H33N3O2.HI/c1-5-17-16(18-9-6-11-21-14(2)3)19(4)10-12-20-13-15-7-8-15;/h14-15H,5-13H2,1-4H3,(H,17,18);1H. The summed E-state index contributed by atoms with van der Waals surface area (Å²) in [5.41, 5.74) is 0. The molecule has 0 radical (unpaired) electrons. The van der Waals surface area contributed by atoms with Crippen molar-refractivity contribution >= 4 is 29.9 Å². The quantitative estimate of drug-likeness (QED) is 0.239. The van der Waals surface area contributed by atoms with E-state index in [9.17, 15) is 0 Å². The molecule has 0 aromatic heterocycles. The Morgan fingerprint density at radius 2 is 2.05 bits per heavy atom. The van der Waals surface area contributed by atoms with Gasteiger partial charge in [-0.25, -0.2) is 0 Å². The highest BCUT2D eigenvalue weighted by molar-refractivity contribution is 14.0. The Balaban J connectivity index is 0.00000441. The molecule has 1 aliphatic carbocycles. The fourth-order valence-electron chi connectivity index (χ4n) is 1.88. The second-order valence-electron chi connectivity index (χ2n) is 5.95. The highest BCUT2D eigenvalue weighted by Crippen LogP contribution is 2.28. The topological polar surface area (TPSA) is 46.1 Å². The number of rotatable bonds is 11. The van der Waals surface area contributed by atoms with Gasteiger partial charge in [0.1, 0.15) is 0 Å². The van der Waals surface area contributed by atoms with Crippen molar-refractivity contribution in [2.75, 3.05) is 46.5 Å². The van der Waals surface area contributed by atoms with Crippen molar-refractivity contribution in [3.05, 3.63) is 0 Å². The largest absolute Gasteiger partial charge is 0.379 e. The molecule has 5 nitrogen and oxygen atoms in total. The van der Waals surface area contributed by atoms with E-state index in [4.69, 9.17) is 9.47 Å². The van der Waals surface area contributed by atoms with Gasteiger partial charge in [-0.3, -0.25) is 4.99 Å². The lowest BCUT2D eigenvalue weighted by molar-refractivity contribution is 0.0782. The molecule has 0 aromatic rings. The minimum Gasteiger partial charge on any atom is -0.379 e. The van der Waals surface area contributed by atoms with E-state index in [0.29, 0.717) is 6.10 Å². The van der Waals surface area contributed by atoms with Crippen molar-refractivity contribution in [2.24, 2.45) is 10.9 Å². The molecule has 1 N–H and O–H groups in total. The van der Waals surface area contributed by atoms with E-state index in [1.165, 1.54) is 12.8 Å². The number of ether oxygens (including phenoxy) is 2. The van der Waals surface area contributed by atoms with Crippen LogP contribution in [0.1, 0.15) is 40.0 Å². The summed E-state index contributed by atoms with van der Waals surface area (Å²) in [6.07, 6.45) is 3.95. The van der Waals surface area contributed by atoms with Crippen LogP contribution in [0, 0.1) is 5.92 Å². The number of hydrogen-bond acceptors (Lipinski definition) is 3. The molecule has 0 saturated heterocycles. The molecule has 0 spiro atoms. The number of guanidine groups is 1. The van der Waals surface area contributed by atoms with Gasteiger partial charge in [-0.05, 0) is 46.0 Å². The van der Waals surface area contributed by atoms with Crippen molar-refractivity contribution in [1.29, 1.82) is 0 Å². The van der Waals surface area contributed by atoms with Crippen LogP contribution in [0.5, 0.6) is 0 Å². The fraction of sp³-hybridized carbons (Fsp3) is 0.938. The third-order valence-electron chi connectivity index (χ3n) is 3.33. The Hall–Kier alpha value is -0.0800. The zero-order chi connectivity index (χ0) is 15.5. The lowest BCUT2D eigenvalue weighted by Crippen LogP contribution is -2.40. The summed E-state index contributed by atoms with van der Waals surface area (Å²) in [7, 11) is 2.06. The van der Waals surface area contributed by atoms with Gasteiger partial charge in [0.25, 0.3) is 0 Å². The minimum absolute atomic E-state index is 0. The molecule has 0 atom stereocenters. The average Bonchev–Trinajstić information content (AvgIpc) is 3.25. The summed E-state index contributed by atoms with van der Waals surface area (Å²) in [4.78, 5) is 6.77. The maximum atomic E-state index is 5.68. The summed E-state index contributed by atoms with van der Waals surface area (Å²) < 4.78 is 11.2. The summed E-state index contributed by atoms with van der Waals surface area (Å²) in [6, 6.07) is 0. The predicted molar refractivity (Wildman–Crippen MR) is 103 cm³/mol. The molecule has 0 aliphatic heterocycles. The van der Waals surface area contributed by atoms with Gasteiger partial charge in [0, 0.05) is 39.9 Å². The molecule has 1 rings (SSSR count). The van der Waals surface area contributed by atoms with Crippen molar-refractivity contribution in [2.45, 2.75) is 46.1 Å². The van der Waals surface area contributed by atoms with Crippen molar-refractivity contribution in [3.63, 3.8) is 0 Å². The van der Waals surface area contributed by atoms with Crippen LogP contribution in [0.2, 0.25) is 0 Å². The molecule has 0 heterocycles. The first-order chi connectivity index (χ1) is 10.1. The number of aliphatic imine (C=N–C) groups is 1. The zero-order valence-corrected chi connectivity index (χ0v) is 17.0. The number of halogens is 1. The maximum absolute atomic E-state index is 5.68. The third-order valence-corrected chi connectivity index (χ3v) is 3.33. The Morgan fingerprint density at radius 3 is 2.64 bits per heavy atom. The smallest absolute Gasteiger partial charge is 0.193 e. The van der Waals surface area contributed by atoms with Crippen LogP contribution in [0.15, 0.2) is 4.99 Å². The lowest BCUT2D eigenvalue weighted by atomic mass is 10.4. The molecule has 1 fully saturated rings. The van der Waals surface area contributed by atoms with E-state index in [-0.39, 0.29) is 24.0 Å². The number of hydrogen-bond donors (Lipinski definition) is 1. The molecular formula is C16H34IN3O2. The monoisotopic (exact) mass is 427 g/mol. The summed E-state index contributed by atoms with van der Waals surface area (Å²) in [6.45, 7) is 11.2. The van der Waals surface area contributed by atoms with E-state index in [1.807, 2.05) is 0 Å². The first-order valence-electron chi connectivity index (χ1n) is 8.32. The van der Waals surface area contributed by atoms with Crippen molar-refractivity contribution in [3.8, 4) is 0 Å². The average molecular weight is 427 g/mol. The molecule has 0 unspecified atom stereocenters. The highest BCUT2D eigenvalue weighted by atomic mass is 127. The van der Waals surface area contributed by atoms with Crippen LogP contribution in [0.25, 0.3) is 0 Å². The summed E-state index contributed by atoms with van der Waals surface area (Å²) in [5, 5.41) is 3.32. The SMILES string of the molecule is CCNC(=NCCCOC(C)C)N(C)CCOCC1CC1.I.